The van der Waals surface area contributed by atoms with Gasteiger partial charge in [-0.3, -0.25) is 0 Å². The van der Waals surface area contributed by atoms with Gasteiger partial charge in [0, 0.05) is 15.9 Å². The van der Waals surface area contributed by atoms with Crippen molar-refractivity contribution in [3.8, 4) is 0 Å². The molecule has 0 unspecified atom stereocenters. The Morgan fingerprint density at radius 2 is 1.95 bits per heavy atom. The highest BCUT2D eigenvalue weighted by atomic mass is 33.1. The molecule has 118 valence electrons. The summed E-state index contributed by atoms with van der Waals surface area (Å²) in [5.74, 6) is -0.336. The van der Waals surface area contributed by atoms with Gasteiger partial charge >= 0.3 is 5.97 Å². The molecule has 0 aromatic rings. The minimum Gasteiger partial charge on any atom is -0.466 e. The lowest BCUT2D eigenvalue weighted by atomic mass is 10.2. The van der Waals surface area contributed by atoms with Gasteiger partial charge in [0.05, 0.1) is 13.7 Å². The van der Waals surface area contributed by atoms with Crippen LogP contribution in [0.3, 0.4) is 0 Å². The Hall–Kier alpha value is -0.433. The topological polar surface area (TPSA) is 35.5 Å². The van der Waals surface area contributed by atoms with E-state index < -0.39 is 8.32 Å². The van der Waals surface area contributed by atoms with Gasteiger partial charge in [0.1, 0.15) is 0 Å². The van der Waals surface area contributed by atoms with Crippen LogP contribution >= 0.6 is 21.6 Å². The van der Waals surface area contributed by atoms with E-state index in [1.807, 2.05) is 6.08 Å². The average molecular weight is 345 g/mol. The van der Waals surface area contributed by atoms with Crippen LogP contribution in [0.4, 0.5) is 0 Å². The van der Waals surface area contributed by atoms with Crippen LogP contribution in [0, 0.1) is 0 Å². The smallest absolute Gasteiger partial charge is 0.330 e. The molecule has 0 spiro atoms. The van der Waals surface area contributed by atoms with E-state index in [1.165, 1.54) is 18.1 Å². The average Bonchev–Trinajstić information content (AvgIpc) is 2.42. The number of hydrogen-bond acceptors (Lipinski definition) is 5. The monoisotopic (exact) mass is 344 g/mol. The lowest BCUT2D eigenvalue weighted by Gasteiger charge is -2.36. The summed E-state index contributed by atoms with van der Waals surface area (Å²) in [4.78, 5) is 13.3. The van der Waals surface area contributed by atoms with E-state index in [2.05, 4.69) is 44.7 Å². The van der Waals surface area contributed by atoms with Crippen LogP contribution in [0.15, 0.2) is 34.1 Å². The largest absolute Gasteiger partial charge is 0.466 e. The van der Waals surface area contributed by atoms with Crippen LogP contribution < -0.4 is 0 Å². The number of allylic oxidation sites excluding steroid dienone is 3. The van der Waals surface area contributed by atoms with Crippen LogP contribution in [0.5, 0.6) is 0 Å². The van der Waals surface area contributed by atoms with Crippen molar-refractivity contribution in [3.63, 3.8) is 0 Å². The van der Waals surface area contributed by atoms with E-state index in [4.69, 9.17) is 4.43 Å². The molecule has 0 bridgehead atoms. The van der Waals surface area contributed by atoms with Crippen LogP contribution in [0.2, 0.25) is 18.1 Å². The summed E-state index contributed by atoms with van der Waals surface area (Å²) in [6.07, 6.45) is 7.27. The van der Waals surface area contributed by atoms with E-state index in [-0.39, 0.29) is 11.0 Å². The zero-order chi connectivity index (χ0) is 16.1. The normalized spacial score (nSPS) is 16.7. The van der Waals surface area contributed by atoms with Crippen molar-refractivity contribution in [1.82, 2.24) is 0 Å². The van der Waals surface area contributed by atoms with Gasteiger partial charge in [-0.2, -0.15) is 0 Å². The summed E-state index contributed by atoms with van der Waals surface area (Å²) >= 11 is 0. The third-order valence-corrected chi connectivity index (χ3v) is 10.6. The second-order valence-corrected chi connectivity index (χ2v) is 13.4. The quantitative estimate of drug-likeness (QED) is 0.307. The Kier molecular flexibility index (Phi) is 6.84. The maximum atomic E-state index is 11.0. The first kappa shape index (κ1) is 18.6. The highest BCUT2D eigenvalue weighted by Gasteiger charge is 2.37. The summed E-state index contributed by atoms with van der Waals surface area (Å²) in [5.41, 5.74) is 0. The molecule has 6 heteroatoms. The Balaban J connectivity index is 2.57. The summed E-state index contributed by atoms with van der Waals surface area (Å²) in [6.45, 7) is 11.9. The second kappa shape index (κ2) is 7.72. The van der Waals surface area contributed by atoms with E-state index in [0.717, 1.165) is 4.91 Å². The Morgan fingerprint density at radius 1 is 1.29 bits per heavy atom. The molecule has 3 nitrogen and oxygen atoms in total. The summed E-state index contributed by atoms with van der Waals surface area (Å²) < 4.78 is 10.8. The van der Waals surface area contributed by atoms with Crippen molar-refractivity contribution in [1.29, 1.82) is 0 Å². The molecule has 1 heterocycles. The van der Waals surface area contributed by atoms with Gasteiger partial charge in [-0.25, -0.2) is 4.79 Å². The third-order valence-electron chi connectivity index (χ3n) is 3.64. The summed E-state index contributed by atoms with van der Waals surface area (Å²) in [7, 11) is 2.99. The number of methoxy groups -OCH3 is 1. The van der Waals surface area contributed by atoms with Crippen LogP contribution in [0.25, 0.3) is 0 Å². The van der Waals surface area contributed by atoms with E-state index in [9.17, 15) is 4.79 Å². The third kappa shape index (κ3) is 6.06. The van der Waals surface area contributed by atoms with Crippen molar-refractivity contribution in [2.45, 2.75) is 38.9 Å². The number of ether oxygens (including phenoxy) is 1. The van der Waals surface area contributed by atoms with Gasteiger partial charge in [0.25, 0.3) is 0 Å². The summed E-state index contributed by atoms with van der Waals surface area (Å²) in [5, 5.41) is 0.226. The van der Waals surface area contributed by atoms with Crippen molar-refractivity contribution in [3.05, 3.63) is 34.1 Å². The molecule has 0 N–H and O–H groups in total. The van der Waals surface area contributed by atoms with Crippen LogP contribution in [-0.2, 0) is 14.0 Å². The van der Waals surface area contributed by atoms with Crippen LogP contribution in [0.1, 0.15) is 20.8 Å². The molecule has 0 saturated carbocycles. The molecule has 1 rings (SSSR count). The molecule has 0 atom stereocenters. The number of carbonyl (C=O) groups excluding carboxylic acids is 1. The predicted molar refractivity (Wildman–Crippen MR) is 95.7 cm³/mol. The van der Waals surface area contributed by atoms with Crippen molar-refractivity contribution < 1.29 is 14.0 Å². The standard InChI is InChI=1S/C15H24O3S2Si/c1-15(2,3)21(5,6)18-11-13-8-7-12(19-20-13)9-10-14(16)17-4/h7-10H,11H2,1-6H3. The molecule has 1 aliphatic heterocycles. The number of rotatable bonds is 5. The minimum atomic E-state index is -1.70. The zero-order valence-corrected chi connectivity index (χ0v) is 16.2. The molecule has 0 aromatic carbocycles. The highest BCUT2D eigenvalue weighted by Crippen LogP contribution is 2.42. The van der Waals surface area contributed by atoms with E-state index in [1.54, 1.807) is 27.7 Å². The molecule has 21 heavy (non-hydrogen) atoms. The van der Waals surface area contributed by atoms with Gasteiger partial charge in [-0.1, -0.05) is 42.4 Å². The van der Waals surface area contributed by atoms with E-state index >= 15 is 0 Å². The van der Waals surface area contributed by atoms with Crippen molar-refractivity contribution in [2.24, 2.45) is 0 Å². The number of carbonyl (C=O) groups is 1. The molecular formula is C15H24O3S2Si. The van der Waals surface area contributed by atoms with Crippen molar-refractivity contribution >= 4 is 35.9 Å². The fraction of sp³-hybridized carbons (Fsp3) is 0.533. The lowest BCUT2D eigenvalue weighted by Crippen LogP contribution is -2.41. The highest BCUT2D eigenvalue weighted by molar-refractivity contribution is 8.79. The van der Waals surface area contributed by atoms with Crippen molar-refractivity contribution in [2.75, 3.05) is 13.7 Å². The van der Waals surface area contributed by atoms with Gasteiger partial charge in [-0.15, -0.1) is 0 Å². The molecule has 0 aliphatic carbocycles. The number of esters is 1. The SMILES string of the molecule is COC(=O)C=CC1=CC=C(CO[Si](C)(C)C(C)(C)C)SS1. The van der Waals surface area contributed by atoms with Crippen LogP contribution in [-0.4, -0.2) is 28.0 Å². The maximum absolute atomic E-state index is 11.0. The molecular weight excluding hydrogens is 320 g/mol. The second-order valence-electron chi connectivity index (χ2n) is 6.27. The first-order chi connectivity index (χ1) is 9.65. The molecule has 0 amide bonds. The zero-order valence-electron chi connectivity index (χ0n) is 13.6. The minimum absolute atomic E-state index is 0.226. The molecule has 0 saturated heterocycles. The van der Waals surface area contributed by atoms with Gasteiger partial charge < -0.3 is 9.16 Å². The Labute approximate surface area is 136 Å². The van der Waals surface area contributed by atoms with E-state index in [0.29, 0.717) is 6.61 Å². The fourth-order valence-corrected chi connectivity index (χ4v) is 4.16. The molecule has 0 radical (unpaired) electrons. The Bertz CT molecular complexity index is 474. The molecule has 0 aromatic heterocycles. The molecule has 0 fully saturated rings. The summed E-state index contributed by atoms with van der Waals surface area (Å²) in [6, 6.07) is 0. The Morgan fingerprint density at radius 3 is 2.43 bits per heavy atom. The maximum Gasteiger partial charge on any atom is 0.330 e. The van der Waals surface area contributed by atoms with Gasteiger partial charge in [0.2, 0.25) is 0 Å². The molecule has 1 aliphatic rings. The fourth-order valence-electron chi connectivity index (χ4n) is 1.17. The lowest BCUT2D eigenvalue weighted by molar-refractivity contribution is -0.134. The first-order valence-electron chi connectivity index (χ1n) is 6.81. The predicted octanol–water partition coefficient (Wildman–Crippen LogP) is 4.90. The van der Waals surface area contributed by atoms with Gasteiger partial charge in [-0.05, 0) is 36.4 Å². The van der Waals surface area contributed by atoms with Gasteiger partial charge in [0.15, 0.2) is 8.32 Å². The first-order valence-corrected chi connectivity index (χ1v) is 11.9. The number of hydrogen-bond donors (Lipinski definition) is 0.